The number of alkyl halides is 3. The van der Waals surface area contributed by atoms with E-state index in [1.54, 1.807) is 18.2 Å². The lowest BCUT2D eigenvalue weighted by molar-refractivity contribution is -0.137. The summed E-state index contributed by atoms with van der Waals surface area (Å²) in [7, 11) is 0. The monoisotopic (exact) mass is 356 g/mol. The molecule has 0 aliphatic carbocycles. The highest BCUT2D eigenvalue weighted by Gasteiger charge is 2.32. The van der Waals surface area contributed by atoms with Gasteiger partial charge in [0.1, 0.15) is 5.75 Å². The molecule has 0 aliphatic heterocycles. The highest BCUT2D eigenvalue weighted by molar-refractivity contribution is 6.30. The molecule has 0 heterocycles. The molecule has 8 heteroatoms. The van der Waals surface area contributed by atoms with Crippen molar-refractivity contribution in [2.24, 2.45) is 5.10 Å². The number of halogens is 4. The quantitative estimate of drug-likeness (QED) is 0.652. The minimum absolute atomic E-state index is 0.152. The fourth-order valence-corrected chi connectivity index (χ4v) is 1.96. The van der Waals surface area contributed by atoms with Gasteiger partial charge in [0, 0.05) is 10.6 Å². The third-order valence-corrected chi connectivity index (χ3v) is 3.06. The van der Waals surface area contributed by atoms with Crippen LogP contribution in [-0.4, -0.2) is 18.7 Å². The number of nitrogens with zero attached hydrogens (tertiary/aromatic N) is 1. The summed E-state index contributed by atoms with van der Waals surface area (Å²) in [5.74, 6) is -0.222. The molecule has 0 saturated carbocycles. The Hall–Kier alpha value is -2.54. The Kier molecular flexibility index (Phi) is 5.81. The van der Waals surface area contributed by atoms with Crippen molar-refractivity contribution in [2.75, 3.05) is 6.61 Å². The molecule has 0 radical (unpaired) electrons. The molecule has 0 aliphatic rings. The Balaban J connectivity index is 1.91. The van der Waals surface area contributed by atoms with E-state index in [1.807, 2.05) is 0 Å². The number of carbonyl (C=O) groups is 1. The van der Waals surface area contributed by atoms with E-state index >= 15 is 0 Å². The van der Waals surface area contributed by atoms with Gasteiger partial charge in [-0.05, 0) is 24.3 Å². The summed E-state index contributed by atoms with van der Waals surface area (Å²) in [5.41, 5.74) is 1.11. The summed E-state index contributed by atoms with van der Waals surface area (Å²) >= 11 is 5.77. The lowest BCUT2D eigenvalue weighted by atomic mass is 10.1. The number of hydrogen-bond acceptors (Lipinski definition) is 3. The van der Waals surface area contributed by atoms with Crippen LogP contribution in [0.4, 0.5) is 13.2 Å². The first-order valence-electron chi connectivity index (χ1n) is 6.73. The maximum atomic E-state index is 12.8. The first-order chi connectivity index (χ1) is 11.4. The molecule has 1 amide bonds. The van der Waals surface area contributed by atoms with Crippen molar-refractivity contribution < 1.29 is 22.7 Å². The Bertz CT molecular complexity index is 748. The van der Waals surface area contributed by atoms with Crippen molar-refractivity contribution in [1.29, 1.82) is 0 Å². The van der Waals surface area contributed by atoms with E-state index < -0.39 is 17.6 Å². The second-order valence-corrected chi connectivity index (χ2v) is 5.06. The molecule has 2 rings (SSSR count). The molecule has 2 aromatic carbocycles. The lowest BCUT2D eigenvalue weighted by Gasteiger charge is -2.09. The molecule has 0 fully saturated rings. The third kappa shape index (κ3) is 5.27. The number of amides is 1. The van der Waals surface area contributed by atoms with E-state index in [1.165, 1.54) is 24.3 Å². The minimum atomic E-state index is -4.50. The van der Waals surface area contributed by atoms with Gasteiger partial charge in [-0.25, -0.2) is 5.43 Å². The highest BCUT2D eigenvalue weighted by Crippen LogP contribution is 2.31. The van der Waals surface area contributed by atoms with E-state index in [2.05, 4.69) is 10.5 Å². The van der Waals surface area contributed by atoms with Crippen molar-refractivity contribution in [1.82, 2.24) is 5.43 Å². The summed E-state index contributed by atoms with van der Waals surface area (Å²) in [5, 5.41) is 3.97. The maximum Gasteiger partial charge on any atom is 0.417 e. The molecule has 0 bridgehead atoms. The fraction of sp³-hybridized carbons (Fsp3) is 0.125. The van der Waals surface area contributed by atoms with Crippen molar-refractivity contribution in [3.8, 4) is 5.75 Å². The average molecular weight is 357 g/mol. The SMILES string of the molecule is O=C(COc1cccc(Cl)c1)N/N=C\c1ccccc1C(F)(F)F. The molecule has 0 aromatic heterocycles. The van der Waals surface area contributed by atoms with Crippen LogP contribution in [0.5, 0.6) is 5.75 Å². The summed E-state index contributed by atoms with van der Waals surface area (Å²) in [4.78, 5) is 11.6. The van der Waals surface area contributed by atoms with Gasteiger partial charge in [0.15, 0.2) is 6.61 Å². The van der Waals surface area contributed by atoms with Gasteiger partial charge in [-0.1, -0.05) is 35.9 Å². The normalized spacial score (nSPS) is 11.5. The summed E-state index contributed by atoms with van der Waals surface area (Å²) in [6.07, 6.45) is -3.57. The topological polar surface area (TPSA) is 50.7 Å². The van der Waals surface area contributed by atoms with E-state index in [0.29, 0.717) is 10.8 Å². The van der Waals surface area contributed by atoms with Crippen LogP contribution >= 0.6 is 11.6 Å². The molecule has 24 heavy (non-hydrogen) atoms. The minimum Gasteiger partial charge on any atom is -0.484 e. The predicted molar refractivity (Wildman–Crippen MR) is 84.1 cm³/mol. The van der Waals surface area contributed by atoms with Gasteiger partial charge in [-0.3, -0.25) is 4.79 Å². The van der Waals surface area contributed by atoms with Crippen LogP contribution in [0.15, 0.2) is 53.6 Å². The zero-order valence-electron chi connectivity index (χ0n) is 12.2. The number of carbonyl (C=O) groups excluding carboxylic acids is 1. The molecule has 0 unspecified atom stereocenters. The van der Waals surface area contributed by atoms with Crippen LogP contribution in [-0.2, 0) is 11.0 Å². The first-order valence-corrected chi connectivity index (χ1v) is 7.10. The molecule has 0 saturated heterocycles. The van der Waals surface area contributed by atoms with E-state index in [-0.39, 0.29) is 12.2 Å². The molecule has 126 valence electrons. The van der Waals surface area contributed by atoms with Crippen LogP contribution in [0.2, 0.25) is 5.02 Å². The first kappa shape index (κ1) is 17.8. The lowest BCUT2D eigenvalue weighted by Crippen LogP contribution is -2.24. The summed E-state index contributed by atoms with van der Waals surface area (Å²) < 4.78 is 43.6. The number of rotatable bonds is 5. The van der Waals surface area contributed by atoms with E-state index in [9.17, 15) is 18.0 Å². The highest BCUT2D eigenvalue weighted by atomic mass is 35.5. The van der Waals surface area contributed by atoms with Gasteiger partial charge in [-0.15, -0.1) is 0 Å². The molecular formula is C16H12ClF3N2O2. The van der Waals surface area contributed by atoms with Crippen LogP contribution in [0.1, 0.15) is 11.1 Å². The van der Waals surface area contributed by atoms with Crippen LogP contribution < -0.4 is 10.2 Å². The third-order valence-electron chi connectivity index (χ3n) is 2.83. The Morgan fingerprint density at radius 3 is 2.67 bits per heavy atom. The van der Waals surface area contributed by atoms with Crippen LogP contribution in [0, 0.1) is 0 Å². The van der Waals surface area contributed by atoms with Gasteiger partial charge in [0.05, 0.1) is 11.8 Å². The smallest absolute Gasteiger partial charge is 0.417 e. The number of nitrogens with one attached hydrogen (secondary N) is 1. The van der Waals surface area contributed by atoms with Gasteiger partial charge < -0.3 is 4.74 Å². The van der Waals surface area contributed by atoms with E-state index in [4.69, 9.17) is 16.3 Å². The zero-order valence-corrected chi connectivity index (χ0v) is 12.9. The fourth-order valence-electron chi connectivity index (χ4n) is 1.78. The van der Waals surface area contributed by atoms with Crippen LogP contribution in [0.25, 0.3) is 0 Å². The maximum absolute atomic E-state index is 12.8. The Morgan fingerprint density at radius 2 is 1.96 bits per heavy atom. The van der Waals surface area contributed by atoms with Gasteiger partial charge >= 0.3 is 6.18 Å². The molecule has 0 atom stereocenters. The molecule has 4 nitrogen and oxygen atoms in total. The van der Waals surface area contributed by atoms with Gasteiger partial charge in [-0.2, -0.15) is 18.3 Å². The van der Waals surface area contributed by atoms with Crippen molar-refractivity contribution in [3.05, 3.63) is 64.7 Å². The van der Waals surface area contributed by atoms with Gasteiger partial charge in [0.25, 0.3) is 5.91 Å². The van der Waals surface area contributed by atoms with Crippen LogP contribution in [0.3, 0.4) is 0 Å². The predicted octanol–water partition coefficient (Wildman–Crippen LogP) is 3.89. The van der Waals surface area contributed by atoms with Crippen molar-refractivity contribution in [2.45, 2.75) is 6.18 Å². The second kappa shape index (κ2) is 7.83. The van der Waals surface area contributed by atoms with Crippen molar-refractivity contribution in [3.63, 3.8) is 0 Å². The number of hydrogen-bond donors (Lipinski definition) is 1. The second-order valence-electron chi connectivity index (χ2n) is 4.62. The molecule has 2 aromatic rings. The average Bonchev–Trinajstić information content (AvgIpc) is 2.52. The zero-order chi connectivity index (χ0) is 17.6. The summed E-state index contributed by atoms with van der Waals surface area (Å²) in [6.45, 7) is -0.349. The largest absolute Gasteiger partial charge is 0.484 e. The van der Waals surface area contributed by atoms with Gasteiger partial charge in [0.2, 0.25) is 0 Å². The molecule has 0 spiro atoms. The number of hydrazone groups is 1. The Morgan fingerprint density at radius 1 is 1.21 bits per heavy atom. The number of benzene rings is 2. The summed E-state index contributed by atoms with van der Waals surface area (Å²) in [6, 6.07) is 11.4. The molecular weight excluding hydrogens is 345 g/mol. The standard InChI is InChI=1S/C16H12ClF3N2O2/c17-12-5-3-6-13(8-12)24-10-15(23)22-21-9-11-4-1-2-7-14(11)16(18,19)20/h1-9H,10H2,(H,22,23)/b21-9-. The Labute approximate surface area is 140 Å². The van der Waals surface area contributed by atoms with E-state index in [0.717, 1.165) is 12.3 Å². The number of ether oxygens (including phenoxy) is 1. The molecule has 1 N–H and O–H groups in total. The van der Waals surface area contributed by atoms with Crippen molar-refractivity contribution >= 4 is 23.7 Å².